The van der Waals surface area contributed by atoms with Gasteiger partial charge in [-0.2, -0.15) is 11.3 Å². The molecule has 2 heteroatoms. The van der Waals surface area contributed by atoms with Crippen LogP contribution in [0.2, 0.25) is 0 Å². The fraction of sp³-hybridized carbons (Fsp3) is 0.333. The summed E-state index contributed by atoms with van der Waals surface area (Å²) in [5.74, 6) is 0. The molecular weight excluding hydrogens is 154 g/mol. The molecule has 1 rings (SSSR count). The standard InChI is InChI=1S/C9H13NS/c1-10-6-3-2-4-9-5-7-11-8-9/h2,4-5,7-8,10H,3,6H2,1H3. The first kappa shape index (κ1) is 8.50. The Hall–Kier alpha value is -0.600. The molecule has 11 heavy (non-hydrogen) atoms. The van der Waals surface area contributed by atoms with Gasteiger partial charge in [-0.3, -0.25) is 0 Å². The van der Waals surface area contributed by atoms with E-state index in [2.05, 4.69) is 34.3 Å². The molecule has 1 aromatic rings. The highest BCUT2D eigenvalue weighted by Gasteiger charge is 1.83. The Morgan fingerprint density at radius 3 is 3.18 bits per heavy atom. The fourth-order valence-electron chi connectivity index (χ4n) is 0.817. The first-order chi connectivity index (χ1) is 5.43. The van der Waals surface area contributed by atoms with Gasteiger partial charge in [-0.15, -0.1) is 0 Å². The van der Waals surface area contributed by atoms with Gasteiger partial charge in [-0.25, -0.2) is 0 Å². The fourth-order valence-corrected chi connectivity index (χ4v) is 1.45. The summed E-state index contributed by atoms with van der Waals surface area (Å²) in [6, 6.07) is 2.13. The molecule has 1 N–H and O–H groups in total. The quantitative estimate of drug-likeness (QED) is 0.679. The number of nitrogens with one attached hydrogen (secondary N) is 1. The summed E-state index contributed by atoms with van der Waals surface area (Å²) in [4.78, 5) is 0. The second-order valence-electron chi connectivity index (χ2n) is 2.35. The van der Waals surface area contributed by atoms with Gasteiger partial charge in [0.05, 0.1) is 0 Å². The molecule has 0 bridgehead atoms. The maximum absolute atomic E-state index is 3.10. The van der Waals surface area contributed by atoms with Crippen LogP contribution in [-0.4, -0.2) is 13.6 Å². The van der Waals surface area contributed by atoms with Gasteiger partial charge in [0.25, 0.3) is 0 Å². The van der Waals surface area contributed by atoms with E-state index in [-0.39, 0.29) is 0 Å². The van der Waals surface area contributed by atoms with Gasteiger partial charge in [-0.05, 0) is 42.4 Å². The molecule has 0 atom stereocenters. The van der Waals surface area contributed by atoms with Gasteiger partial charge in [-0.1, -0.05) is 12.2 Å². The molecule has 60 valence electrons. The van der Waals surface area contributed by atoms with Crippen LogP contribution in [0.1, 0.15) is 12.0 Å². The minimum atomic E-state index is 1.06. The van der Waals surface area contributed by atoms with Crippen molar-refractivity contribution in [1.82, 2.24) is 5.32 Å². The molecule has 0 saturated carbocycles. The second-order valence-corrected chi connectivity index (χ2v) is 3.13. The highest BCUT2D eigenvalue weighted by Crippen LogP contribution is 2.07. The lowest BCUT2D eigenvalue weighted by atomic mass is 10.3. The smallest absolute Gasteiger partial charge is 0.00172 e. The van der Waals surface area contributed by atoms with Crippen molar-refractivity contribution in [2.75, 3.05) is 13.6 Å². The third kappa shape index (κ3) is 3.35. The van der Waals surface area contributed by atoms with E-state index in [0.717, 1.165) is 13.0 Å². The van der Waals surface area contributed by atoms with Crippen molar-refractivity contribution in [2.24, 2.45) is 0 Å². The molecule has 0 spiro atoms. The molecule has 0 aromatic carbocycles. The lowest BCUT2D eigenvalue weighted by molar-refractivity contribution is 0.809. The van der Waals surface area contributed by atoms with E-state index in [1.165, 1.54) is 5.56 Å². The van der Waals surface area contributed by atoms with E-state index in [1.54, 1.807) is 11.3 Å². The molecule has 1 nitrogen and oxygen atoms in total. The molecule has 0 unspecified atom stereocenters. The predicted molar refractivity (Wildman–Crippen MR) is 51.9 cm³/mol. The summed E-state index contributed by atoms with van der Waals surface area (Å²) in [7, 11) is 1.97. The van der Waals surface area contributed by atoms with Crippen molar-refractivity contribution in [3.8, 4) is 0 Å². The van der Waals surface area contributed by atoms with Gasteiger partial charge in [0.1, 0.15) is 0 Å². The van der Waals surface area contributed by atoms with E-state index in [4.69, 9.17) is 0 Å². The molecule has 1 heterocycles. The van der Waals surface area contributed by atoms with Crippen LogP contribution in [0, 0.1) is 0 Å². The minimum absolute atomic E-state index is 1.06. The van der Waals surface area contributed by atoms with Crippen LogP contribution in [0.5, 0.6) is 0 Å². The molecule has 0 aliphatic carbocycles. The third-order valence-electron chi connectivity index (χ3n) is 1.41. The van der Waals surface area contributed by atoms with Crippen molar-refractivity contribution in [3.63, 3.8) is 0 Å². The van der Waals surface area contributed by atoms with Crippen LogP contribution in [0.3, 0.4) is 0 Å². The Morgan fingerprint density at radius 1 is 1.64 bits per heavy atom. The number of rotatable bonds is 4. The average molecular weight is 167 g/mol. The maximum atomic E-state index is 3.10. The summed E-state index contributed by atoms with van der Waals surface area (Å²) in [6.07, 6.45) is 5.46. The summed E-state index contributed by atoms with van der Waals surface area (Å²) in [5.41, 5.74) is 1.31. The Labute approximate surface area is 71.8 Å². The lowest BCUT2D eigenvalue weighted by Gasteiger charge is -1.89. The van der Waals surface area contributed by atoms with Gasteiger partial charge in [0.2, 0.25) is 0 Å². The average Bonchev–Trinajstić information content (AvgIpc) is 2.50. The van der Waals surface area contributed by atoms with Gasteiger partial charge >= 0.3 is 0 Å². The zero-order valence-corrected chi connectivity index (χ0v) is 7.53. The van der Waals surface area contributed by atoms with Crippen molar-refractivity contribution in [3.05, 3.63) is 28.5 Å². The molecule has 0 radical (unpaired) electrons. The number of thiophene rings is 1. The van der Waals surface area contributed by atoms with Crippen LogP contribution in [-0.2, 0) is 0 Å². The van der Waals surface area contributed by atoms with E-state index in [9.17, 15) is 0 Å². The first-order valence-electron chi connectivity index (χ1n) is 3.77. The molecule has 0 aliphatic rings. The van der Waals surface area contributed by atoms with Crippen molar-refractivity contribution < 1.29 is 0 Å². The highest BCUT2D eigenvalue weighted by atomic mass is 32.1. The van der Waals surface area contributed by atoms with Crippen LogP contribution >= 0.6 is 11.3 Å². The molecule has 0 saturated heterocycles. The second kappa shape index (κ2) is 5.10. The monoisotopic (exact) mass is 167 g/mol. The predicted octanol–water partition coefficient (Wildman–Crippen LogP) is 2.37. The highest BCUT2D eigenvalue weighted by molar-refractivity contribution is 7.08. The summed E-state index contributed by atoms with van der Waals surface area (Å²) >= 11 is 1.74. The van der Waals surface area contributed by atoms with Gasteiger partial charge < -0.3 is 5.32 Å². The molecular formula is C9H13NS. The SMILES string of the molecule is CNCCC=Cc1ccsc1. The molecule has 0 aliphatic heterocycles. The Morgan fingerprint density at radius 2 is 2.55 bits per heavy atom. The van der Waals surface area contributed by atoms with Crippen molar-refractivity contribution in [1.29, 1.82) is 0 Å². The first-order valence-corrected chi connectivity index (χ1v) is 4.71. The van der Waals surface area contributed by atoms with Gasteiger partial charge in [0.15, 0.2) is 0 Å². The van der Waals surface area contributed by atoms with Crippen LogP contribution in [0.25, 0.3) is 6.08 Å². The Kier molecular flexibility index (Phi) is 3.94. The molecule has 1 aromatic heterocycles. The molecule has 0 amide bonds. The summed E-state index contributed by atoms with van der Waals surface area (Å²) in [6.45, 7) is 1.06. The van der Waals surface area contributed by atoms with Crippen LogP contribution < -0.4 is 5.32 Å². The lowest BCUT2D eigenvalue weighted by Crippen LogP contribution is -2.05. The van der Waals surface area contributed by atoms with Crippen LogP contribution in [0.15, 0.2) is 22.9 Å². The maximum Gasteiger partial charge on any atom is -0.00172 e. The third-order valence-corrected chi connectivity index (χ3v) is 2.12. The largest absolute Gasteiger partial charge is 0.319 e. The van der Waals surface area contributed by atoms with Crippen LogP contribution in [0.4, 0.5) is 0 Å². The summed E-state index contributed by atoms with van der Waals surface area (Å²) < 4.78 is 0. The van der Waals surface area contributed by atoms with E-state index in [0.29, 0.717) is 0 Å². The van der Waals surface area contributed by atoms with E-state index >= 15 is 0 Å². The van der Waals surface area contributed by atoms with Gasteiger partial charge in [0, 0.05) is 0 Å². The normalized spacial score (nSPS) is 11.0. The summed E-state index contributed by atoms with van der Waals surface area (Å²) in [5, 5.41) is 7.34. The van der Waals surface area contributed by atoms with Crippen molar-refractivity contribution >= 4 is 17.4 Å². The van der Waals surface area contributed by atoms with E-state index < -0.39 is 0 Å². The number of hydrogen-bond donors (Lipinski definition) is 1. The van der Waals surface area contributed by atoms with E-state index in [1.807, 2.05) is 7.05 Å². The zero-order chi connectivity index (χ0) is 7.94. The Balaban J connectivity index is 2.25. The van der Waals surface area contributed by atoms with Crippen molar-refractivity contribution in [2.45, 2.75) is 6.42 Å². The minimum Gasteiger partial charge on any atom is -0.319 e. The number of hydrogen-bond acceptors (Lipinski definition) is 2. The Bertz CT molecular complexity index is 201. The zero-order valence-electron chi connectivity index (χ0n) is 6.71. The molecule has 0 fully saturated rings. The topological polar surface area (TPSA) is 12.0 Å².